The van der Waals surface area contributed by atoms with Crippen LogP contribution in [0.2, 0.25) is 0 Å². The minimum absolute atomic E-state index is 0.0439. The Morgan fingerprint density at radius 1 is 1.03 bits per heavy atom. The van der Waals surface area contributed by atoms with Crippen LogP contribution in [0.5, 0.6) is 5.75 Å². The van der Waals surface area contributed by atoms with E-state index in [1.165, 1.54) is 23.8 Å². The van der Waals surface area contributed by atoms with E-state index in [0.717, 1.165) is 37.1 Å². The summed E-state index contributed by atoms with van der Waals surface area (Å²) in [7, 11) is 1.34. The van der Waals surface area contributed by atoms with E-state index < -0.39 is 5.97 Å². The summed E-state index contributed by atoms with van der Waals surface area (Å²) in [6.07, 6.45) is 3.81. The number of carbonyl (C=O) groups excluding carboxylic acids is 1. The van der Waals surface area contributed by atoms with Crippen molar-refractivity contribution in [2.24, 2.45) is 10.6 Å². The van der Waals surface area contributed by atoms with Crippen molar-refractivity contribution in [1.29, 1.82) is 0 Å². The number of esters is 1. The number of aryl methyl sites for hydroxylation is 3. The van der Waals surface area contributed by atoms with Crippen molar-refractivity contribution in [2.45, 2.75) is 81.1 Å². The molecular formula is C26H45NO4. The Morgan fingerprint density at radius 2 is 1.58 bits per heavy atom. The Bertz CT molecular complexity index is 664. The minimum atomic E-state index is -0.428. The number of rotatable bonds is 11. The van der Waals surface area contributed by atoms with E-state index in [2.05, 4.69) is 69.8 Å². The molecule has 178 valence electrons. The van der Waals surface area contributed by atoms with Gasteiger partial charge in [-0.1, -0.05) is 38.9 Å². The van der Waals surface area contributed by atoms with Crippen LogP contribution in [-0.2, 0) is 14.4 Å². The van der Waals surface area contributed by atoms with Crippen molar-refractivity contribution >= 4 is 11.7 Å². The summed E-state index contributed by atoms with van der Waals surface area (Å²) in [5.74, 6) is 0.533. The first kappa shape index (κ1) is 30.9. The van der Waals surface area contributed by atoms with Crippen molar-refractivity contribution in [2.75, 3.05) is 20.3 Å². The van der Waals surface area contributed by atoms with Crippen LogP contribution < -0.4 is 4.74 Å². The summed E-state index contributed by atoms with van der Waals surface area (Å²) in [6, 6.07) is 4.29. The molecule has 0 aliphatic heterocycles. The number of nitrogens with zero attached hydrogens (tertiary/aromatic N) is 1. The first-order chi connectivity index (χ1) is 14.8. The molecule has 0 fully saturated rings. The second-order valence-electron chi connectivity index (χ2n) is 7.17. The molecule has 5 nitrogen and oxygen atoms in total. The largest absolute Gasteiger partial charge is 0.493 e. The second-order valence-corrected chi connectivity index (χ2v) is 7.17. The molecule has 0 aliphatic carbocycles. The molecule has 0 heterocycles. The molecule has 0 amide bonds. The van der Waals surface area contributed by atoms with Crippen LogP contribution in [0, 0.1) is 26.2 Å². The maximum atomic E-state index is 11.2. The first-order valence-electron chi connectivity index (χ1n) is 11.2. The van der Waals surface area contributed by atoms with Crippen molar-refractivity contribution in [1.82, 2.24) is 0 Å². The number of ether oxygens (including phenoxy) is 2. The molecule has 0 aromatic heterocycles. The van der Waals surface area contributed by atoms with Gasteiger partial charge in [0.25, 0.3) is 0 Å². The number of methoxy groups -OCH3 is 1. The normalized spacial score (nSPS) is 10.8. The van der Waals surface area contributed by atoms with Crippen molar-refractivity contribution in [3.63, 3.8) is 0 Å². The van der Waals surface area contributed by atoms with Gasteiger partial charge in [-0.2, -0.15) is 0 Å². The molecule has 1 rings (SSSR count). The number of hydrogen-bond donors (Lipinski definition) is 0. The maximum Gasteiger partial charge on any atom is 0.346 e. The van der Waals surface area contributed by atoms with Gasteiger partial charge in [-0.05, 0) is 76.1 Å². The highest BCUT2D eigenvalue weighted by Crippen LogP contribution is 2.34. The summed E-state index contributed by atoms with van der Waals surface area (Å²) in [5.41, 5.74) is 4.58. The quantitative estimate of drug-likeness (QED) is 0.124. The van der Waals surface area contributed by atoms with Gasteiger partial charge in [-0.25, -0.2) is 4.79 Å². The zero-order valence-corrected chi connectivity index (χ0v) is 21.4. The van der Waals surface area contributed by atoms with Gasteiger partial charge in [-0.15, -0.1) is 13.2 Å². The monoisotopic (exact) mass is 435 g/mol. The van der Waals surface area contributed by atoms with Gasteiger partial charge < -0.3 is 14.3 Å². The summed E-state index contributed by atoms with van der Waals surface area (Å²) in [4.78, 5) is 16.3. The highest BCUT2D eigenvalue weighted by Gasteiger charge is 2.30. The lowest BCUT2D eigenvalue weighted by molar-refractivity contribution is -0.145. The minimum Gasteiger partial charge on any atom is -0.493 e. The Kier molecular flexibility index (Phi) is 17.3. The SMILES string of the molecule is C=C.CC.CCC(CC)(CCCOc1cc(C)c(C)cc1C)/C(C)=N/OCC(=O)OC. The predicted octanol–water partition coefficient (Wildman–Crippen LogP) is 6.97. The molecule has 0 spiro atoms. The third-order valence-electron chi connectivity index (χ3n) is 5.58. The summed E-state index contributed by atoms with van der Waals surface area (Å²) in [5, 5.41) is 4.17. The molecule has 0 saturated carbocycles. The molecule has 0 aliphatic rings. The number of hydrogen-bond acceptors (Lipinski definition) is 5. The lowest BCUT2D eigenvalue weighted by atomic mass is 9.74. The molecule has 0 unspecified atom stereocenters. The summed E-state index contributed by atoms with van der Waals surface area (Å²) in [6.45, 7) is 23.1. The first-order valence-corrected chi connectivity index (χ1v) is 11.2. The molecule has 1 aromatic carbocycles. The van der Waals surface area contributed by atoms with E-state index in [0.29, 0.717) is 6.61 Å². The third kappa shape index (κ3) is 10.5. The van der Waals surface area contributed by atoms with Crippen LogP contribution in [0.1, 0.15) is 77.0 Å². The lowest BCUT2D eigenvalue weighted by Crippen LogP contribution is -2.29. The number of oxime groups is 1. The van der Waals surface area contributed by atoms with E-state index in [4.69, 9.17) is 9.57 Å². The second kappa shape index (κ2) is 17.4. The molecule has 0 bridgehead atoms. The molecular weight excluding hydrogens is 390 g/mol. The topological polar surface area (TPSA) is 57.1 Å². The Labute approximate surface area is 190 Å². The van der Waals surface area contributed by atoms with Gasteiger partial charge >= 0.3 is 5.97 Å². The van der Waals surface area contributed by atoms with Crippen LogP contribution in [0.4, 0.5) is 0 Å². The van der Waals surface area contributed by atoms with Crippen LogP contribution in [0.15, 0.2) is 30.4 Å². The van der Waals surface area contributed by atoms with E-state index in [-0.39, 0.29) is 12.0 Å². The average molecular weight is 436 g/mol. The van der Waals surface area contributed by atoms with Gasteiger partial charge in [0.15, 0.2) is 0 Å². The maximum absolute atomic E-state index is 11.2. The lowest BCUT2D eigenvalue weighted by Gasteiger charge is -2.31. The fraction of sp³-hybridized carbons (Fsp3) is 0.615. The molecule has 0 atom stereocenters. The van der Waals surface area contributed by atoms with E-state index in [1.807, 2.05) is 20.8 Å². The highest BCUT2D eigenvalue weighted by molar-refractivity contribution is 5.87. The van der Waals surface area contributed by atoms with Crippen LogP contribution in [-0.4, -0.2) is 32.0 Å². The third-order valence-corrected chi connectivity index (χ3v) is 5.58. The Morgan fingerprint density at radius 3 is 2.10 bits per heavy atom. The molecule has 0 radical (unpaired) electrons. The molecule has 0 N–H and O–H groups in total. The van der Waals surface area contributed by atoms with Gasteiger partial charge in [0.1, 0.15) is 5.75 Å². The van der Waals surface area contributed by atoms with Gasteiger partial charge in [0, 0.05) is 5.41 Å². The van der Waals surface area contributed by atoms with Crippen LogP contribution in [0.3, 0.4) is 0 Å². The Hall–Kier alpha value is -2.30. The predicted molar refractivity (Wildman–Crippen MR) is 132 cm³/mol. The standard InChI is InChI=1S/C22H35NO4.C2H6.C2H4/c1-8-22(9-2,19(6)23-27-15-21(24)25-7)11-10-12-26-20-14-17(4)16(3)13-18(20)5;2*1-2/h13-14H,8-12,15H2,1-7H3;1-2H3;1-2H2/b23-19+;;. The smallest absolute Gasteiger partial charge is 0.346 e. The fourth-order valence-electron chi connectivity index (χ4n) is 3.32. The number of carbonyl (C=O) groups is 1. The van der Waals surface area contributed by atoms with E-state index in [1.54, 1.807) is 0 Å². The van der Waals surface area contributed by atoms with Gasteiger partial charge in [0.2, 0.25) is 6.61 Å². The molecule has 5 heteroatoms. The van der Waals surface area contributed by atoms with Crippen LogP contribution in [0.25, 0.3) is 0 Å². The van der Waals surface area contributed by atoms with Crippen LogP contribution >= 0.6 is 0 Å². The van der Waals surface area contributed by atoms with Crippen molar-refractivity contribution in [3.05, 3.63) is 42.0 Å². The van der Waals surface area contributed by atoms with Crippen molar-refractivity contribution in [3.8, 4) is 5.75 Å². The van der Waals surface area contributed by atoms with E-state index >= 15 is 0 Å². The van der Waals surface area contributed by atoms with E-state index in [9.17, 15) is 4.79 Å². The summed E-state index contributed by atoms with van der Waals surface area (Å²) >= 11 is 0. The zero-order valence-electron chi connectivity index (χ0n) is 21.4. The van der Waals surface area contributed by atoms with Gasteiger partial charge in [0.05, 0.1) is 19.4 Å². The zero-order chi connectivity index (χ0) is 24.4. The average Bonchev–Trinajstić information content (AvgIpc) is 2.79. The molecule has 0 saturated heterocycles. The number of benzene rings is 1. The summed E-state index contributed by atoms with van der Waals surface area (Å²) < 4.78 is 10.6. The van der Waals surface area contributed by atoms with Gasteiger partial charge in [-0.3, -0.25) is 0 Å². The molecule has 31 heavy (non-hydrogen) atoms. The highest BCUT2D eigenvalue weighted by atomic mass is 16.6. The molecule has 1 aromatic rings. The Balaban J connectivity index is 0. The fourth-order valence-corrected chi connectivity index (χ4v) is 3.32. The van der Waals surface area contributed by atoms with Crippen molar-refractivity contribution < 1.29 is 19.1 Å².